The van der Waals surface area contributed by atoms with Gasteiger partial charge in [-0.1, -0.05) is 0 Å². The largest absolute Gasteiger partial charge is 0.458 e. The van der Waals surface area contributed by atoms with Gasteiger partial charge in [0.15, 0.2) is 12.4 Å². The van der Waals surface area contributed by atoms with E-state index in [4.69, 9.17) is 19.3 Å². The number of aliphatic hydroxyl groups is 2. The van der Waals surface area contributed by atoms with Crippen molar-refractivity contribution in [2.75, 3.05) is 6.61 Å². The van der Waals surface area contributed by atoms with Gasteiger partial charge in [0.2, 0.25) is 0 Å². The molecule has 7 heteroatoms. The summed E-state index contributed by atoms with van der Waals surface area (Å²) in [7, 11) is 0. The summed E-state index contributed by atoms with van der Waals surface area (Å²) in [6, 6.07) is 0. The molecule has 2 N–H and O–H groups in total. The van der Waals surface area contributed by atoms with Gasteiger partial charge in [0.25, 0.3) is 0 Å². The third-order valence-electron chi connectivity index (χ3n) is 2.30. The van der Waals surface area contributed by atoms with Gasteiger partial charge in [0.1, 0.15) is 12.2 Å². The molecule has 0 saturated carbocycles. The van der Waals surface area contributed by atoms with Gasteiger partial charge in [-0.05, 0) is 0 Å². The van der Waals surface area contributed by atoms with Crippen LogP contribution in [0.25, 0.3) is 0 Å². The van der Waals surface area contributed by atoms with Gasteiger partial charge >= 0.3 is 11.9 Å². The van der Waals surface area contributed by atoms with Crippen LogP contribution in [0.4, 0.5) is 0 Å². The third kappa shape index (κ3) is 3.95. The minimum atomic E-state index is -1.16. The topological polar surface area (TPSA) is 102 Å². The number of esters is 2. The molecule has 0 aliphatic carbocycles. The molecule has 0 amide bonds. The molecular weight excluding hydrogens is 232 g/mol. The maximum Gasteiger partial charge on any atom is 0.303 e. The third-order valence-corrected chi connectivity index (χ3v) is 2.30. The van der Waals surface area contributed by atoms with E-state index in [0.29, 0.717) is 0 Å². The fourth-order valence-corrected chi connectivity index (χ4v) is 1.73. The average Bonchev–Trinajstić information content (AvgIpc) is 2.20. The quantitative estimate of drug-likeness (QED) is 0.614. The van der Waals surface area contributed by atoms with E-state index in [1.165, 1.54) is 13.8 Å². The highest BCUT2D eigenvalue weighted by molar-refractivity contribution is 5.67. The van der Waals surface area contributed by atoms with E-state index in [-0.39, 0.29) is 6.42 Å². The van der Waals surface area contributed by atoms with Crippen molar-refractivity contribution in [3.63, 3.8) is 0 Å². The molecule has 0 aromatic carbocycles. The summed E-state index contributed by atoms with van der Waals surface area (Å²) < 4.78 is 14.9. The highest BCUT2D eigenvalue weighted by Gasteiger charge is 2.42. The SMILES string of the molecule is CC(=O)O[C@H]1[C@H](OC(C)=O)CC(O)O[C@@H]1CO. The molecule has 1 aliphatic heterocycles. The summed E-state index contributed by atoms with van der Waals surface area (Å²) in [6.45, 7) is 1.96. The lowest BCUT2D eigenvalue weighted by atomic mass is 10.0. The molecule has 1 saturated heterocycles. The summed E-state index contributed by atoms with van der Waals surface area (Å²) in [6.07, 6.45) is -3.81. The van der Waals surface area contributed by atoms with Crippen LogP contribution in [0.1, 0.15) is 20.3 Å². The first kappa shape index (κ1) is 13.9. The smallest absolute Gasteiger partial charge is 0.303 e. The molecule has 0 aromatic heterocycles. The Morgan fingerprint density at radius 3 is 2.35 bits per heavy atom. The number of aliphatic hydroxyl groups excluding tert-OH is 2. The Bertz CT molecular complexity index is 290. The van der Waals surface area contributed by atoms with E-state index in [9.17, 15) is 14.7 Å². The van der Waals surface area contributed by atoms with Gasteiger partial charge in [0, 0.05) is 20.3 Å². The van der Waals surface area contributed by atoms with Crippen LogP contribution in [0.15, 0.2) is 0 Å². The Labute approximate surface area is 98.3 Å². The van der Waals surface area contributed by atoms with Gasteiger partial charge < -0.3 is 24.4 Å². The van der Waals surface area contributed by atoms with Crippen LogP contribution >= 0.6 is 0 Å². The van der Waals surface area contributed by atoms with Crippen molar-refractivity contribution >= 4 is 11.9 Å². The van der Waals surface area contributed by atoms with Crippen molar-refractivity contribution < 1.29 is 34.0 Å². The van der Waals surface area contributed by atoms with Crippen LogP contribution in [0.2, 0.25) is 0 Å². The van der Waals surface area contributed by atoms with E-state index in [1.54, 1.807) is 0 Å². The summed E-state index contributed by atoms with van der Waals surface area (Å²) in [4.78, 5) is 21.8. The molecular formula is C10H16O7. The maximum atomic E-state index is 10.9. The first-order valence-corrected chi connectivity index (χ1v) is 5.23. The predicted molar refractivity (Wildman–Crippen MR) is 53.7 cm³/mol. The second-order valence-electron chi connectivity index (χ2n) is 3.77. The summed E-state index contributed by atoms with van der Waals surface area (Å²) >= 11 is 0. The summed E-state index contributed by atoms with van der Waals surface area (Å²) in [5.74, 6) is -1.14. The molecule has 4 atom stereocenters. The standard InChI is InChI=1S/C10H16O7/c1-5(12)15-7-3-9(14)17-8(4-11)10(7)16-6(2)13/h7-11,14H,3-4H2,1-2H3/t7-,8-,9?,10+/m1/s1. The molecule has 0 spiro atoms. The van der Waals surface area contributed by atoms with Crippen molar-refractivity contribution in [1.29, 1.82) is 0 Å². The molecule has 1 fully saturated rings. The number of carbonyl (C=O) groups excluding carboxylic acids is 2. The zero-order chi connectivity index (χ0) is 13.0. The minimum absolute atomic E-state index is 0.00593. The van der Waals surface area contributed by atoms with Gasteiger partial charge in [-0.15, -0.1) is 0 Å². The van der Waals surface area contributed by atoms with Crippen molar-refractivity contribution in [3.8, 4) is 0 Å². The molecule has 1 unspecified atom stereocenters. The molecule has 0 bridgehead atoms. The minimum Gasteiger partial charge on any atom is -0.458 e. The monoisotopic (exact) mass is 248 g/mol. The van der Waals surface area contributed by atoms with Crippen LogP contribution in [0.5, 0.6) is 0 Å². The predicted octanol–water partition coefficient (Wildman–Crippen LogP) is -1.05. The molecule has 17 heavy (non-hydrogen) atoms. The molecule has 1 heterocycles. The fraction of sp³-hybridized carbons (Fsp3) is 0.800. The second kappa shape index (κ2) is 5.95. The Kier molecular flexibility index (Phi) is 4.86. The highest BCUT2D eigenvalue weighted by atomic mass is 16.7. The lowest BCUT2D eigenvalue weighted by Crippen LogP contribution is -2.53. The molecule has 98 valence electrons. The van der Waals surface area contributed by atoms with Gasteiger partial charge in [-0.2, -0.15) is 0 Å². The van der Waals surface area contributed by atoms with Gasteiger partial charge in [-0.3, -0.25) is 9.59 Å². The van der Waals surface area contributed by atoms with Crippen LogP contribution in [0, 0.1) is 0 Å². The Hall–Kier alpha value is -1.18. The van der Waals surface area contributed by atoms with Crippen molar-refractivity contribution in [2.24, 2.45) is 0 Å². The summed E-state index contributed by atoms with van der Waals surface area (Å²) in [5, 5.41) is 18.5. The van der Waals surface area contributed by atoms with Crippen LogP contribution in [0.3, 0.4) is 0 Å². The van der Waals surface area contributed by atoms with Crippen LogP contribution < -0.4 is 0 Å². The first-order chi connectivity index (χ1) is 7.93. The van der Waals surface area contributed by atoms with E-state index >= 15 is 0 Å². The van der Waals surface area contributed by atoms with Crippen LogP contribution in [-0.4, -0.2) is 53.4 Å². The number of rotatable bonds is 3. The van der Waals surface area contributed by atoms with E-state index in [0.717, 1.165) is 0 Å². The lowest BCUT2D eigenvalue weighted by Gasteiger charge is -2.37. The Morgan fingerprint density at radius 1 is 1.29 bits per heavy atom. The van der Waals surface area contributed by atoms with E-state index in [2.05, 4.69) is 0 Å². The molecule has 1 aliphatic rings. The fourth-order valence-electron chi connectivity index (χ4n) is 1.73. The first-order valence-electron chi connectivity index (χ1n) is 5.23. The summed E-state index contributed by atoms with van der Waals surface area (Å²) in [5.41, 5.74) is 0. The molecule has 0 radical (unpaired) electrons. The Morgan fingerprint density at radius 2 is 1.88 bits per heavy atom. The normalized spacial score (nSPS) is 32.9. The van der Waals surface area contributed by atoms with Gasteiger partial charge in [0.05, 0.1) is 6.61 Å². The van der Waals surface area contributed by atoms with E-state index < -0.39 is 43.1 Å². The number of hydrogen-bond donors (Lipinski definition) is 2. The van der Waals surface area contributed by atoms with Crippen molar-refractivity contribution in [1.82, 2.24) is 0 Å². The zero-order valence-corrected chi connectivity index (χ0v) is 9.66. The van der Waals surface area contributed by atoms with Crippen LogP contribution in [-0.2, 0) is 23.8 Å². The zero-order valence-electron chi connectivity index (χ0n) is 9.66. The molecule has 7 nitrogen and oxygen atoms in total. The number of hydrogen-bond acceptors (Lipinski definition) is 7. The molecule has 1 rings (SSSR count). The van der Waals surface area contributed by atoms with Gasteiger partial charge in [-0.25, -0.2) is 0 Å². The lowest BCUT2D eigenvalue weighted by molar-refractivity contribution is -0.251. The van der Waals surface area contributed by atoms with E-state index in [1.807, 2.05) is 0 Å². The average molecular weight is 248 g/mol. The number of ether oxygens (including phenoxy) is 3. The Balaban J connectivity index is 2.78. The van der Waals surface area contributed by atoms with Crippen molar-refractivity contribution in [3.05, 3.63) is 0 Å². The second-order valence-corrected chi connectivity index (χ2v) is 3.77. The highest BCUT2D eigenvalue weighted by Crippen LogP contribution is 2.24. The molecule has 0 aromatic rings. The maximum absolute atomic E-state index is 10.9. The van der Waals surface area contributed by atoms with Crippen molar-refractivity contribution in [2.45, 2.75) is 44.9 Å². The number of carbonyl (C=O) groups is 2.